The van der Waals surface area contributed by atoms with Gasteiger partial charge in [-0.15, -0.1) is 12.4 Å². The fraction of sp³-hybridized carbons (Fsp3) is 0.833. The molecule has 0 aliphatic heterocycles. The zero-order chi connectivity index (χ0) is 9.78. The lowest BCUT2D eigenvalue weighted by molar-refractivity contribution is -0.138. The summed E-state index contributed by atoms with van der Waals surface area (Å²) in [7, 11) is 0. The van der Waals surface area contributed by atoms with Gasteiger partial charge in [-0.2, -0.15) is 13.2 Å². The van der Waals surface area contributed by atoms with Crippen LogP contribution < -0.4 is 11.1 Å². The number of carbonyl (C=O) groups is 1. The van der Waals surface area contributed by atoms with Gasteiger partial charge in [-0.1, -0.05) is 0 Å². The van der Waals surface area contributed by atoms with Crippen molar-refractivity contribution in [2.24, 2.45) is 5.73 Å². The average molecular weight is 221 g/mol. The van der Waals surface area contributed by atoms with E-state index in [9.17, 15) is 18.0 Å². The Hall–Kier alpha value is -0.490. The molecule has 1 atom stereocenters. The smallest absolute Gasteiger partial charge is 0.347 e. The summed E-state index contributed by atoms with van der Waals surface area (Å²) in [6.45, 7) is 0.256. The molecular weight excluding hydrogens is 209 g/mol. The van der Waals surface area contributed by atoms with E-state index in [0.717, 1.165) is 0 Å². The minimum atomic E-state index is -4.35. The van der Waals surface area contributed by atoms with Gasteiger partial charge < -0.3 is 11.1 Å². The molecule has 0 heterocycles. The van der Waals surface area contributed by atoms with E-state index in [1.165, 1.54) is 0 Å². The maximum absolute atomic E-state index is 11.5. The van der Waals surface area contributed by atoms with Crippen LogP contribution >= 0.6 is 12.4 Å². The van der Waals surface area contributed by atoms with E-state index in [0.29, 0.717) is 0 Å². The van der Waals surface area contributed by atoms with Crippen molar-refractivity contribution in [1.29, 1.82) is 0 Å². The Morgan fingerprint density at radius 2 is 2.00 bits per heavy atom. The summed E-state index contributed by atoms with van der Waals surface area (Å²) in [5, 5.41) is 1.71. The molecule has 0 saturated heterocycles. The molecule has 1 unspecified atom stereocenters. The predicted molar refractivity (Wildman–Crippen MR) is 44.6 cm³/mol. The molecule has 0 radical (unpaired) electrons. The first kappa shape index (κ1) is 15.0. The molecule has 0 spiro atoms. The Bertz CT molecular complexity index is 160. The zero-order valence-corrected chi connectivity index (χ0v) is 7.84. The van der Waals surface area contributed by atoms with E-state index >= 15 is 0 Å². The van der Waals surface area contributed by atoms with Crippen LogP contribution in [0.25, 0.3) is 0 Å². The summed E-state index contributed by atoms with van der Waals surface area (Å²) in [6.07, 6.45) is -4.44. The average Bonchev–Trinajstić information content (AvgIpc) is 1.80. The summed E-state index contributed by atoms with van der Waals surface area (Å²) < 4.78 is 34.5. The number of alkyl halides is 3. The summed E-state index contributed by atoms with van der Waals surface area (Å²) >= 11 is 0. The number of amides is 1. The van der Waals surface area contributed by atoms with Crippen LogP contribution in [-0.2, 0) is 4.79 Å². The standard InChI is InChI=1S/C6H11F3N2O.ClH/c1-4(10)2-5(12)11-3-6(7,8)9;/h4H,2-3,10H2,1H3,(H,11,12);1H. The molecular formula is C6H12ClF3N2O. The molecule has 3 N–H and O–H groups in total. The molecule has 1 amide bonds. The number of halogens is 4. The quantitative estimate of drug-likeness (QED) is 0.740. The molecule has 0 aromatic carbocycles. The van der Waals surface area contributed by atoms with Crippen LogP contribution in [0.1, 0.15) is 13.3 Å². The van der Waals surface area contributed by atoms with E-state index < -0.39 is 24.7 Å². The van der Waals surface area contributed by atoms with Gasteiger partial charge in [-0.3, -0.25) is 4.79 Å². The number of nitrogens with one attached hydrogen (secondary N) is 1. The molecule has 0 saturated carbocycles. The largest absolute Gasteiger partial charge is 0.405 e. The molecule has 0 rings (SSSR count). The molecule has 0 aromatic heterocycles. The fourth-order valence-electron chi connectivity index (χ4n) is 0.563. The van der Waals surface area contributed by atoms with Crippen LogP contribution in [0, 0.1) is 0 Å². The highest BCUT2D eigenvalue weighted by Gasteiger charge is 2.27. The highest BCUT2D eigenvalue weighted by atomic mass is 35.5. The monoisotopic (exact) mass is 220 g/mol. The van der Waals surface area contributed by atoms with E-state index in [2.05, 4.69) is 0 Å². The SMILES string of the molecule is CC(N)CC(=O)NCC(F)(F)F.Cl. The van der Waals surface area contributed by atoms with E-state index in [-0.39, 0.29) is 18.8 Å². The lowest BCUT2D eigenvalue weighted by Gasteiger charge is -2.09. The van der Waals surface area contributed by atoms with Crippen molar-refractivity contribution < 1.29 is 18.0 Å². The summed E-state index contributed by atoms with van der Waals surface area (Å²) in [4.78, 5) is 10.6. The number of nitrogens with two attached hydrogens (primary N) is 1. The minimum absolute atomic E-state index is 0. The van der Waals surface area contributed by atoms with E-state index in [4.69, 9.17) is 5.73 Å². The maximum Gasteiger partial charge on any atom is 0.405 e. The first-order valence-corrected chi connectivity index (χ1v) is 3.40. The number of hydrogen-bond donors (Lipinski definition) is 2. The molecule has 0 aromatic rings. The van der Waals surface area contributed by atoms with Crippen LogP contribution in [0.3, 0.4) is 0 Å². The van der Waals surface area contributed by atoms with Crippen LogP contribution in [0.15, 0.2) is 0 Å². The van der Waals surface area contributed by atoms with E-state index in [1.54, 1.807) is 12.2 Å². The number of carbonyl (C=O) groups excluding carboxylic acids is 1. The third-order valence-corrected chi connectivity index (χ3v) is 0.993. The summed E-state index contributed by atoms with van der Waals surface area (Å²) in [5.41, 5.74) is 5.19. The first-order valence-electron chi connectivity index (χ1n) is 3.40. The van der Waals surface area contributed by atoms with Crippen molar-refractivity contribution in [3.8, 4) is 0 Å². The predicted octanol–water partition coefficient (Wildman–Crippen LogP) is 0.824. The van der Waals surface area contributed by atoms with Crippen LogP contribution in [0.2, 0.25) is 0 Å². The molecule has 0 aliphatic carbocycles. The van der Waals surface area contributed by atoms with Crippen molar-refractivity contribution >= 4 is 18.3 Å². The van der Waals surface area contributed by atoms with Crippen molar-refractivity contribution in [2.45, 2.75) is 25.6 Å². The topological polar surface area (TPSA) is 55.1 Å². The molecule has 13 heavy (non-hydrogen) atoms. The molecule has 0 fully saturated rings. The molecule has 7 heteroatoms. The van der Waals surface area contributed by atoms with Gasteiger partial charge in [0.2, 0.25) is 5.91 Å². The Kier molecular flexibility index (Phi) is 6.97. The van der Waals surface area contributed by atoms with Crippen LogP contribution in [0.4, 0.5) is 13.2 Å². The normalized spacial score (nSPS) is 13.0. The zero-order valence-electron chi connectivity index (χ0n) is 7.02. The van der Waals surface area contributed by atoms with E-state index in [1.807, 2.05) is 0 Å². The first-order chi connectivity index (χ1) is 5.31. The third kappa shape index (κ3) is 11.5. The number of rotatable bonds is 3. The second kappa shape index (κ2) is 6.04. The fourth-order valence-corrected chi connectivity index (χ4v) is 0.563. The van der Waals surface area contributed by atoms with Gasteiger partial charge in [-0.05, 0) is 6.92 Å². The van der Waals surface area contributed by atoms with Gasteiger partial charge in [0.05, 0.1) is 0 Å². The minimum Gasteiger partial charge on any atom is -0.347 e. The summed E-state index contributed by atoms with van der Waals surface area (Å²) in [6, 6.07) is -0.418. The van der Waals surface area contributed by atoms with Gasteiger partial charge in [0.25, 0.3) is 0 Å². The van der Waals surface area contributed by atoms with Gasteiger partial charge in [0, 0.05) is 12.5 Å². The Balaban J connectivity index is 0. The maximum atomic E-state index is 11.5. The molecule has 80 valence electrons. The second-order valence-electron chi connectivity index (χ2n) is 2.57. The highest BCUT2D eigenvalue weighted by molar-refractivity contribution is 5.85. The van der Waals surface area contributed by atoms with Gasteiger partial charge in [0.15, 0.2) is 0 Å². The summed E-state index contributed by atoms with van der Waals surface area (Å²) in [5.74, 6) is -0.678. The molecule has 3 nitrogen and oxygen atoms in total. The van der Waals surface area contributed by atoms with Crippen molar-refractivity contribution in [3.63, 3.8) is 0 Å². The third-order valence-electron chi connectivity index (χ3n) is 0.993. The Morgan fingerprint density at radius 1 is 1.54 bits per heavy atom. The lowest BCUT2D eigenvalue weighted by atomic mass is 10.2. The van der Waals surface area contributed by atoms with Crippen LogP contribution in [0.5, 0.6) is 0 Å². The highest BCUT2D eigenvalue weighted by Crippen LogP contribution is 2.12. The van der Waals surface area contributed by atoms with Gasteiger partial charge in [-0.25, -0.2) is 0 Å². The van der Waals surface area contributed by atoms with Crippen molar-refractivity contribution in [3.05, 3.63) is 0 Å². The molecule has 0 bridgehead atoms. The Morgan fingerprint density at radius 3 is 2.31 bits per heavy atom. The van der Waals surface area contributed by atoms with Crippen LogP contribution in [-0.4, -0.2) is 24.7 Å². The molecule has 0 aliphatic rings. The number of hydrogen-bond acceptors (Lipinski definition) is 2. The second-order valence-corrected chi connectivity index (χ2v) is 2.57. The van der Waals surface area contributed by atoms with Gasteiger partial charge in [0.1, 0.15) is 6.54 Å². The van der Waals surface area contributed by atoms with Gasteiger partial charge >= 0.3 is 6.18 Å². The lowest BCUT2D eigenvalue weighted by Crippen LogP contribution is -2.36. The van der Waals surface area contributed by atoms with Crippen molar-refractivity contribution in [1.82, 2.24) is 5.32 Å². The van der Waals surface area contributed by atoms with Crippen molar-refractivity contribution in [2.75, 3.05) is 6.54 Å². The Labute approximate surface area is 80.3 Å².